The van der Waals surface area contributed by atoms with Crippen LogP contribution in [0.15, 0.2) is 23.8 Å². The van der Waals surface area contributed by atoms with Crippen molar-refractivity contribution >= 4 is 0 Å². The highest BCUT2D eigenvalue weighted by atomic mass is 16.3. The lowest BCUT2D eigenvalue weighted by Crippen LogP contribution is -2.23. The zero-order valence-corrected chi connectivity index (χ0v) is 8.46. The van der Waals surface area contributed by atoms with Gasteiger partial charge in [-0.1, -0.05) is 25.2 Å². The molecule has 0 aromatic carbocycles. The van der Waals surface area contributed by atoms with Crippen LogP contribution in [0.1, 0.15) is 26.7 Å². The predicted molar refractivity (Wildman–Crippen MR) is 55.3 cm³/mol. The topological polar surface area (TPSA) is 46.2 Å². The van der Waals surface area contributed by atoms with Gasteiger partial charge in [0, 0.05) is 12.0 Å². The maximum atomic E-state index is 9.82. The molecule has 0 heterocycles. The van der Waals surface area contributed by atoms with Gasteiger partial charge in [0.2, 0.25) is 0 Å². The van der Waals surface area contributed by atoms with E-state index in [1.807, 2.05) is 13.0 Å². The average Bonchev–Trinajstić information content (AvgIpc) is 2.79. The fourth-order valence-electron chi connectivity index (χ4n) is 1.55. The Bertz CT molecular complexity index is 232. The normalized spacial score (nSPS) is 29.1. The van der Waals surface area contributed by atoms with Gasteiger partial charge in [0.1, 0.15) is 0 Å². The molecule has 0 aromatic heterocycles. The molecule has 0 bridgehead atoms. The van der Waals surface area contributed by atoms with E-state index in [-0.39, 0.29) is 11.5 Å². The molecule has 3 N–H and O–H groups in total. The standard InChI is InChI=1S/C11H19NO/c1-3-4-5-6-10(13)11(2)7-9(11)8-12/h4-5,7,10,13H,3,6,8,12H2,1-2H3/b5-4-/t10-,11-/m1/s1. The summed E-state index contributed by atoms with van der Waals surface area (Å²) < 4.78 is 0. The molecule has 0 fully saturated rings. The fourth-order valence-corrected chi connectivity index (χ4v) is 1.55. The van der Waals surface area contributed by atoms with Crippen molar-refractivity contribution in [1.82, 2.24) is 0 Å². The third kappa shape index (κ3) is 2.20. The molecule has 0 aliphatic heterocycles. The van der Waals surface area contributed by atoms with Crippen LogP contribution in [0.2, 0.25) is 0 Å². The van der Waals surface area contributed by atoms with Crippen molar-refractivity contribution in [2.45, 2.75) is 32.8 Å². The Morgan fingerprint density at radius 2 is 2.31 bits per heavy atom. The van der Waals surface area contributed by atoms with Crippen LogP contribution < -0.4 is 5.73 Å². The van der Waals surface area contributed by atoms with Crippen molar-refractivity contribution < 1.29 is 5.11 Å². The highest BCUT2D eigenvalue weighted by molar-refractivity contribution is 5.40. The van der Waals surface area contributed by atoms with Gasteiger partial charge in [-0.3, -0.25) is 0 Å². The smallest absolute Gasteiger partial charge is 0.0700 e. The van der Waals surface area contributed by atoms with Gasteiger partial charge in [-0.05, 0) is 25.3 Å². The predicted octanol–water partition coefficient (Wildman–Crippen LogP) is 1.61. The van der Waals surface area contributed by atoms with Gasteiger partial charge in [0.25, 0.3) is 0 Å². The van der Waals surface area contributed by atoms with Gasteiger partial charge in [-0.15, -0.1) is 0 Å². The quantitative estimate of drug-likeness (QED) is 0.633. The Balaban J connectivity index is 2.33. The lowest BCUT2D eigenvalue weighted by molar-refractivity contribution is 0.116. The molecular formula is C11H19NO. The van der Waals surface area contributed by atoms with E-state index in [0.717, 1.165) is 12.8 Å². The maximum Gasteiger partial charge on any atom is 0.0700 e. The number of hydrogen-bond acceptors (Lipinski definition) is 2. The summed E-state index contributed by atoms with van der Waals surface area (Å²) in [6.07, 6.45) is 7.64. The zero-order valence-electron chi connectivity index (χ0n) is 8.46. The van der Waals surface area contributed by atoms with Crippen LogP contribution in [0.5, 0.6) is 0 Å². The Hall–Kier alpha value is -0.600. The Morgan fingerprint density at radius 1 is 1.62 bits per heavy atom. The number of hydrogen-bond donors (Lipinski definition) is 2. The van der Waals surface area contributed by atoms with Crippen molar-refractivity contribution in [3.05, 3.63) is 23.8 Å². The molecule has 1 aliphatic rings. The van der Waals surface area contributed by atoms with E-state index in [0.29, 0.717) is 6.54 Å². The summed E-state index contributed by atoms with van der Waals surface area (Å²) in [6.45, 7) is 4.70. The minimum absolute atomic E-state index is 0.104. The molecule has 0 saturated heterocycles. The largest absolute Gasteiger partial charge is 0.392 e. The third-order valence-corrected chi connectivity index (χ3v) is 2.76. The molecule has 0 unspecified atom stereocenters. The number of rotatable bonds is 5. The molecular weight excluding hydrogens is 162 g/mol. The second-order valence-electron chi connectivity index (χ2n) is 3.79. The van der Waals surface area contributed by atoms with Gasteiger partial charge in [-0.2, -0.15) is 0 Å². The second kappa shape index (κ2) is 4.07. The number of allylic oxidation sites excluding steroid dienone is 1. The summed E-state index contributed by atoms with van der Waals surface area (Å²) in [4.78, 5) is 0. The van der Waals surface area contributed by atoms with E-state index in [1.54, 1.807) is 0 Å². The van der Waals surface area contributed by atoms with Crippen molar-refractivity contribution in [2.75, 3.05) is 6.54 Å². The van der Waals surface area contributed by atoms with Gasteiger partial charge in [-0.25, -0.2) is 0 Å². The second-order valence-corrected chi connectivity index (χ2v) is 3.79. The lowest BCUT2D eigenvalue weighted by Gasteiger charge is -2.18. The van der Waals surface area contributed by atoms with Crippen molar-refractivity contribution in [3.63, 3.8) is 0 Å². The van der Waals surface area contributed by atoms with E-state index in [4.69, 9.17) is 5.73 Å². The molecule has 0 spiro atoms. The first-order valence-electron chi connectivity index (χ1n) is 4.90. The molecule has 2 heteroatoms. The van der Waals surface area contributed by atoms with E-state index in [2.05, 4.69) is 19.1 Å². The third-order valence-electron chi connectivity index (χ3n) is 2.76. The minimum Gasteiger partial charge on any atom is -0.392 e. The van der Waals surface area contributed by atoms with Crippen LogP contribution in [0.4, 0.5) is 0 Å². The van der Waals surface area contributed by atoms with Gasteiger partial charge in [0.05, 0.1) is 6.10 Å². The van der Waals surface area contributed by atoms with Gasteiger partial charge < -0.3 is 10.8 Å². The number of aliphatic hydroxyl groups is 1. The Labute approximate surface area is 80.1 Å². The number of nitrogens with two attached hydrogens (primary N) is 1. The van der Waals surface area contributed by atoms with Crippen LogP contribution in [0.3, 0.4) is 0 Å². The van der Waals surface area contributed by atoms with Gasteiger partial charge >= 0.3 is 0 Å². The molecule has 2 atom stereocenters. The molecule has 1 rings (SSSR count). The van der Waals surface area contributed by atoms with E-state index < -0.39 is 0 Å². The lowest BCUT2D eigenvalue weighted by atomic mass is 9.93. The first-order valence-corrected chi connectivity index (χ1v) is 4.90. The molecule has 0 saturated carbocycles. The van der Waals surface area contributed by atoms with E-state index in [1.165, 1.54) is 5.57 Å². The first-order chi connectivity index (χ1) is 6.15. The van der Waals surface area contributed by atoms with Crippen molar-refractivity contribution in [1.29, 1.82) is 0 Å². The Morgan fingerprint density at radius 3 is 2.77 bits per heavy atom. The van der Waals surface area contributed by atoms with Crippen molar-refractivity contribution in [3.8, 4) is 0 Å². The molecule has 13 heavy (non-hydrogen) atoms. The van der Waals surface area contributed by atoms with Gasteiger partial charge in [0.15, 0.2) is 0 Å². The molecule has 74 valence electrons. The first kappa shape index (κ1) is 10.5. The van der Waals surface area contributed by atoms with Crippen LogP contribution in [0, 0.1) is 5.41 Å². The molecule has 0 aromatic rings. The van der Waals surface area contributed by atoms with Crippen LogP contribution in [-0.2, 0) is 0 Å². The highest BCUT2D eigenvalue weighted by Crippen LogP contribution is 2.46. The summed E-state index contributed by atoms with van der Waals surface area (Å²) >= 11 is 0. The fraction of sp³-hybridized carbons (Fsp3) is 0.636. The van der Waals surface area contributed by atoms with E-state index >= 15 is 0 Å². The maximum absolute atomic E-state index is 9.82. The monoisotopic (exact) mass is 181 g/mol. The highest BCUT2D eigenvalue weighted by Gasteiger charge is 2.43. The van der Waals surface area contributed by atoms with Crippen LogP contribution in [-0.4, -0.2) is 17.8 Å². The molecule has 0 amide bonds. The van der Waals surface area contributed by atoms with E-state index in [9.17, 15) is 5.11 Å². The summed E-state index contributed by atoms with van der Waals surface area (Å²) in [6, 6.07) is 0. The van der Waals surface area contributed by atoms with Crippen LogP contribution >= 0.6 is 0 Å². The SMILES string of the molecule is CC/C=C\C[C@@H](O)[C@]1(C)C=C1CN. The summed E-state index contributed by atoms with van der Waals surface area (Å²) in [5.41, 5.74) is 6.59. The zero-order chi connectivity index (χ0) is 9.90. The summed E-state index contributed by atoms with van der Waals surface area (Å²) in [5, 5.41) is 9.82. The van der Waals surface area contributed by atoms with Crippen LogP contribution in [0.25, 0.3) is 0 Å². The molecule has 0 radical (unpaired) electrons. The molecule has 1 aliphatic carbocycles. The summed E-state index contributed by atoms with van der Waals surface area (Å²) in [7, 11) is 0. The molecule has 2 nitrogen and oxygen atoms in total. The summed E-state index contributed by atoms with van der Waals surface area (Å²) in [5.74, 6) is 0. The Kier molecular flexibility index (Phi) is 3.28. The number of aliphatic hydroxyl groups excluding tert-OH is 1. The van der Waals surface area contributed by atoms with Crippen molar-refractivity contribution in [2.24, 2.45) is 11.1 Å². The minimum atomic E-state index is -0.297. The average molecular weight is 181 g/mol.